The molecule has 5 rings (SSSR count). The molecule has 1 N–H and O–H groups in total. The van der Waals surface area contributed by atoms with Crippen molar-refractivity contribution in [1.29, 1.82) is 0 Å². The summed E-state index contributed by atoms with van der Waals surface area (Å²) < 4.78 is 7.44. The first-order valence-corrected chi connectivity index (χ1v) is 11.9. The Morgan fingerprint density at radius 1 is 1.09 bits per heavy atom. The molecule has 2 aromatic carbocycles. The maximum Gasteiger partial charge on any atom is 0.274 e. The number of amides is 1. The zero-order valence-electron chi connectivity index (χ0n) is 18.0. The largest absolute Gasteiger partial charge is 0.503 e. The molecule has 0 saturated heterocycles. The Morgan fingerprint density at radius 3 is 2.65 bits per heavy atom. The summed E-state index contributed by atoms with van der Waals surface area (Å²) in [6.45, 7) is 1.56. The number of rotatable bonds is 6. The summed E-state index contributed by atoms with van der Waals surface area (Å²) in [5, 5.41) is 13.3. The van der Waals surface area contributed by atoms with Gasteiger partial charge in [0.15, 0.2) is 11.4 Å². The third-order valence-corrected chi connectivity index (χ3v) is 6.73. The van der Waals surface area contributed by atoms with Crippen molar-refractivity contribution in [3.8, 4) is 22.1 Å². The maximum atomic E-state index is 13.1. The van der Waals surface area contributed by atoms with Gasteiger partial charge in [-0.1, -0.05) is 48.0 Å². The maximum absolute atomic E-state index is 13.1. The highest BCUT2D eigenvalue weighted by atomic mass is 35.5. The molecule has 7 nitrogen and oxygen atoms in total. The van der Waals surface area contributed by atoms with Gasteiger partial charge in [0.2, 0.25) is 5.43 Å². The zero-order valence-corrected chi connectivity index (χ0v) is 19.6. The number of nitrogens with zero attached hydrogens (tertiary/aromatic N) is 3. The second-order valence-corrected chi connectivity index (χ2v) is 9.17. The second kappa shape index (κ2) is 9.32. The van der Waals surface area contributed by atoms with Gasteiger partial charge in [0.25, 0.3) is 5.91 Å². The highest BCUT2D eigenvalue weighted by molar-refractivity contribution is 7.13. The van der Waals surface area contributed by atoms with Crippen LogP contribution >= 0.6 is 22.9 Å². The first kappa shape index (κ1) is 22.2. The first-order chi connectivity index (χ1) is 16.5. The third kappa shape index (κ3) is 4.30. The fourth-order valence-electron chi connectivity index (χ4n) is 3.91. The molecular formula is C25H20ClN3O4S. The lowest BCUT2D eigenvalue weighted by Gasteiger charge is -2.30. The molecule has 0 atom stereocenters. The van der Waals surface area contributed by atoms with Crippen LogP contribution in [0.1, 0.15) is 21.6 Å². The molecule has 2 aromatic heterocycles. The summed E-state index contributed by atoms with van der Waals surface area (Å²) in [7, 11) is 0. The minimum atomic E-state index is -0.598. The minimum absolute atomic E-state index is 0.00883. The molecule has 1 amide bonds. The molecular weight excluding hydrogens is 474 g/mol. The summed E-state index contributed by atoms with van der Waals surface area (Å²) in [5.74, 6) is -0.402. The van der Waals surface area contributed by atoms with Crippen molar-refractivity contribution in [3.05, 3.63) is 98.4 Å². The summed E-state index contributed by atoms with van der Waals surface area (Å²) in [6.07, 6.45) is 3.19. The SMILES string of the molecule is O=C1c2c(O)c(=O)c(-c3nccs3)cn2CCN1Cc1ccc(OCc2ccccc2)c(Cl)c1. The Labute approximate surface area is 204 Å². The summed E-state index contributed by atoms with van der Waals surface area (Å²) in [5.41, 5.74) is 1.54. The van der Waals surface area contributed by atoms with Crippen molar-refractivity contribution in [2.75, 3.05) is 6.54 Å². The van der Waals surface area contributed by atoms with E-state index >= 15 is 0 Å². The first-order valence-electron chi connectivity index (χ1n) is 10.6. The van der Waals surface area contributed by atoms with E-state index in [1.54, 1.807) is 39.4 Å². The smallest absolute Gasteiger partial charge is 0.274 e. The topological polar surface area (TPSA) is 84.7 Å². The summed E-state index contributed by atoms with van der Waals surface area (Å²) >= 11 is 7.73. The number of hydrogen-bond acceptors (Lipinski definition) is 6. The Bertz CT molecular complexity index is 1400. The molecule has 172 valence electrons. The van der Waals surface area contributed by atoms with Crippen LogP contribution in [0.25, 0.3) is 10.6 Å². The standard InChI is InChI=1S/C25H20ClN3O4S/c26-19-12-17(6-7-20(19)33-15-16-4-2-1-3-5-16)13-29-10-9-28-14-18(24-27-8-11-34-24)22(30)23(31)21(28)25(29)32/h1-8,11-12,14,31H,9-10,13,15H2. The highest BCUT2D eigenvalue weighted by Crippen LogP contribution is 2.29. The summed E-state index contributed by atoms with van der Waals surface area (Å²) in [4.78, 5) is 31.6. The number of hydrogen-bond donors (Lipinski definition) is 1. The van der Waals surface area contributed by atoms with Crippen molar-refractivity contribution in [1.82, 2.24) is 14.5 Å². The van der Waals surface area contributed by atoms with Crippen molar-refractivity contribution in [3.63, 3.8) is 0 Å². The van der Waals surface area contributed by atoms with Crippen LogP contribution in [0.15, 0.2) is 71.1 Å². The van der Waals surface area contributed by atoms with E-state index in [0.717, 1.165) is 11.1 Å². The van der Waals surface area contributed by atoms with Crippen LogP contribution in [-0.4, -0.2) is 32.0 Å². The van der Waals surface area contributed by atoms with E-state index in [1.807, 2.05) is 36.4 Å². The third-order valence-electron chi connectivity index (χ3n) is 5.63. The number of pyridine rings is 1. The van der Waals surface area contributed by atoms with Crippen LogP contribution in [0.3, 0.4) is 0 Å². The van der Waals surface area contributed by atoms with Gasteiger partial charge in [0.1, 0.15) is 17.4 Å². The molecule has 4 aromatic rings. The van der Waals surface area contributed by atoms with Crippen LogP contribution in [0.4, 0.5) is 0 Å². The normalized spacial score (nSPS) is 13.1. The van der Waals surface area contributed by atoms with E-state index in [0.29, 0.717) is 42.0 Å². The summed E-state index contributed by atoms with van der Waals surface area (Å²) in [6, 6.07) is 15.2. The van der Waals surface area contributed by atoms with E-state index in [-0.39, 0.29) is 11.3 Å². The number of ether oxygens (including phenoxy) is 1. The van der Waals surface area contributed by atoms with Gasteiger partial charge in [-0.15, -0.1) is 11.3 Å². The molecule has 1 aliphatic rings. The lowest BCUT2D eigenvalue weighted by molar-refractivity contribution is 0.0683. The van der Waals surface area contributed by atoms with Crippen molar-refractivity contribution < 1.29 is 14.6 Å². The average molecular weight is 494 g/mol. The van der Waals surface area contributed by atoms with E-state index in [2.05, 4.69) is 4.98 Å². The fourth-order valence-corrected chi connectivity index (χ4v) is 4.81. The number of benzene rings is 2. The molecule has 0 aliphatic carbocycles. The predicted octanol–water partition coefficient (Wildman–Crippen LogP) is 4.57. The highest BCUT2D eigenvalue weighted by Gasteiger charge is 2.30. The second-order valence-electron chi connectivity index (χ2n) is 7.87. The lowest BCUT2D eigenvalue weighted by atomic mass is 10.1. The number of aromatic hydroxyl groups is 1. The van der Waals surface area contributed by atoms with Crippen LogP contribution in [0.5, 0.6) is 11.5 Å². The quantitative estimate of drug-likeness (QED) is 0.425. The van der Waals surface area contributed by atoms with E-state index in [1.165, 1.54) is 11.3 Å². The van der Waals surface area contributed by atoms with E-state index in [4.69, 9.17) is 16.3 Å². The molecule has 3 heterocycles. The molecule has 0 saturated carbocycles. The Balaban J connectivity index is 1.33. The van der Waals surface area contributed by atoms with Crippen LogP contribution < -0.4 is 10.2 Å². The van der Waals surface area contributed by atoms with Gasteiger partial charge in [-0.05, 0) is 23.3 Å². The molecule has 0 fully saturated rings. The molecule has 0 spiro atoms. The van der Waals surface area contributed by atoms with Gasteiger partial charge < -0.3 is 19.3 Å². The fraction of sp³-hybridized carbons (Fsp3) is 0.160. The monoisotopic (exact) mass is 493 g/mol. The Kier molecular flexibility index (Phi) is 6.08. The van der Waals surface area contributed by atoms with Gasteiger partial charge in [-0.2, -0.15) is 0 Å². The van der Waals surface area contributed by atoms with Crippen LogP contribution in [0.2, 0.25) is 5.02 Å². The molecule has 1 aliphatic heterocycles. The Morgan fingerprint density at radius 2 is 1.91 bits per heavy atom. The van der Waals surface area contributed by atoms with Crippen molar-refractivity contribution in [2.24, 2.45) is 0 Å². The van der Waals surface area contributed by atoms with E-state index < -0.39 is 17.1 Å². The number of carbonyl (C=O) groups is 1. The number of carbonyl (C=O) groups excluding carboxylic acids is 1. The molecule has 0 unspecified atom stereocenters. The van der Waals surface area contributed by atoms with Crippen LogP contribution in [-0.2, 0) is 19.7 Å². The van der Waals surface area contributed by atoms with Crippen molar-refractivity contribution >= 4 is 28.8 Å². The predicted molar refractivity (Wildman–Crippen MR) is 130 cm³/mol. The number of aromatic nitrogens is 2. The van der Waals surface area contributed by atoms with Gasteiger partial charge in [0, 0.05) is 37.4 Å². The molecule has 9 heteroatoms. The molecule has 34 heavy (non-hydrogen) atoms. The zero-order chi connectivity index (χ0) is 23.7. The minimum Gasteiger partial charge on any atom is -0.503 e. The molecule has 0 bridgehead atoms. The molecule has 0 radical (unpaired) electrons. The number of fused-ring (bicyclic) bond motifs is 1. The Hall–Kier alpha value is -3.62. The van der Waals surface area contributed by atoms with Gasteiger partial charge in [0.05, 0.1) is 10.6 Å². The number of thiazole rings is 1. The van der Waals surface area contributed by atoms with Gasteiger partial charge >= 0.3 is 0 Å². The van der Waals surface area contributed by atoms with Gasteiger partial charge in [-0.25, -0.2) is 4.98 Å². The average Bonchev–Trinajstić information content (AvgIpc) is 3.38. The van der Waals surface area contributed by atoms with Crippen LogP contribution in [0, 0.1) is 0 Å². The number of halogens is 1. The van der Waals surface area contributed by atoms with Crippen molar-refractivity contribution in [2.45, 2.75) is 19.7 Å². The lowest BCUT2D eigenvalue weighted by Crippen LogP contribution is -2.41. The van der Waals surface area contributed by atoms with Gasteiger partial charge in [-0.3, -0.25) is 9.59 Å². The van der Waals surface area contributed by atoms with E-state index in [9.17, 15) is 14.7 Å².